The second-order valence-corrected chi connectivity index (χ2v) is 8.12. The van der Waals surface area contributed by atoms with Crippen LogP contribution in [0.1, 0.15) is 47.8 Å². The fraction of sp³-hybridized carbons (Fsp3) is 0.647. The summed E-state index contributed by atoms with van der Waals surface area (Å²) in [6.07, 6.45) is 6.08. The average molecular weight is 362 g/mol. The Bertz CT molecular complexity index is 690. The van der Waals surface area contributed by atoms with Crippen LogP contribution >= 0.6 is 11.8 Å². The minimum Gasteiger partial charge on any atom is -0.476 e. The molecule has 0 aromatic carbocycles. The Labute approximate surface area is 150 Å². The average Bonchev–Trinajstić information content (AvgIpc) is 3.53. The van der Waals surface area contributed by atoms with Gasteiger partial charge in [-0.1, -0.05) is 0 Å². The van der Waals surface area contributed by atoms with Gasteiger partial charge in [-0.3, -0.25) is 14.6 Å². The zero-order chi connectivity index (χ0) is 17.4. The number of amides is 2. The maximum absolute atomic E-state index is 12.9. The van der Waals surface area contributed by atoms with E-state index in [2.05, 4.69) is 9.97 Å². The summed E-state index contributed by atoms with van der Waals surface area (Å²) in [7, 11) is 0. The van der Waals surface area contributed by atoms with E-state index in [1.165, 1.54) is 23.9 Å². The third-order valence-electron chi connectivity index (χ3n) is 4.82. The number of aromatic nitrogens is 2. The number of nitrogens with two attached hydrogens (primary N) is 1. The Morgan fingerprint density at radius 3 is 2.80 bits per heavy atom. The highest BCUT2D eigenvalue weighted by atomic mass is 32.2. The molecule has 7 nitrogen and oxygen atoms in total. The van der Waals surface area contributed by atoms with Crippen molar-refractivity contribution >= 4 is 23.6 Å². The van der Waals surface area contributed by atoms with Crippen LogP contribution in [0.3, 0.4) is 0 Å². The van der Waals surface area contributed by atoms with E-state index in [4.69, 9.17) is 10.5 Å². The van der Waals surface area contributed by atoms with Gasteiger partial charge in [-0.05, 0) is 31.6 Å². The van der Waals surface area contributed by atoms with Gasteiger partial charge in [0.15, 0.2) is 5.69 Å². The number of ether oxygens (including phenoxy) is 1. The van der Waals surface area contributed by atoms with E-state index in [1.807, 2.05) is 0 Å². The SMILES string of the molecule is NC(=O)C1CSCCN1C(=O)c1cnc(C2CC2)c(OCC2CC2)n1. The number of rotatable bonds is 6. The lowest BCUT2D eigenvalue weighted by molar-refractivity contribution is -0.121. The lowest BCUT2D eigenvalue weighted by atomic mass is 10.2. The van der Waals surface area contributed by atoms with E-state index in [0.717, 1.165) is 24.3 Å². The van der Waals surface area contributed by atoms with Crippen LogP contribution in [0.25, 0.3) is 0 Å². The first-order chi connectivity index (χ1) is 12.1. The van der Waals surface area contributed by atoms with Crippen molar-refractivity contribution in [2.45, 2.75) is 37.6 Å². The summed E-state index contributed by atoms with van der Waals surface area (Å²) in [4.78, 5) is 35.0. The summed E-state index contributed by atoms with van der Waals surface area (Å²) in [5.74, 6) is 2.03. The zero-order valence-electron chi connectivity index (χ0n) is 14.0. The molecule has 1 aromatic rings. The number of carbonyl (C=O) groups is 2. The van der Waals surface area contributed by atoms with Crippen molar-refractivity contribution in [2.75, 3.05) is 24.7 Å². The van der Waals surface area contributed by atoms with Gasteiger partial charge in [-0.15, -0.1) is 0 Å². The predicted octanol–water partition coefficient (Wildman–Crippen LogP) is 1.19. The first kappa shape index (κ1) is 16.6. The fourth-order valence-corrected chi connectivity index (χ4v) is 4.00. The van der Waals surface area contributed by atoms with Crippen LogP contribution in [0.15, 0.2) is 6.20 Å². The largest absolute Gasteiger partial charge is 0.476 e. The van der Waals surface area contributed by atoms with Crippen LogP contribution in [0.4, 0.5) is 0 Å². The molecule has 25 heavy (non-hydrogen) atoms. The van der Waals surface area contributed by atoms with Crippen molar-refractivity contribution in [2.24, 2.45) is 11.7 Å². The van der Waals surface area contributed by atoms with E-state index in [9.17, 15) is 9.59 Å². The summed E-state index contributed by atoms with van der Waals surface area (Å²) in [5.41, 5.74) is 6.55. The van der Waals surface area contributed by atoms with Crippen molar-refractivity contribution in [3.63, 3.8) is 0 Å². The molecule has 3 fully saturated rings. The number of hydrogen-bond acceptors (Lipinski definition) is 6. The Kier molecular flexibility index (Phi) is 4.54. The molecular weight excluding hydrogens is 340 g/mol. The minimum absolute atomic E-state index is 0.230. The summed E-state index contributed by atoms with van der Waals surface area (Å²) in [5, 5.41) is 0. The predicted molar refractivity (Wildman–Crippen MR) is 93.6 cm³/mol. The van der Waals surface area contributed by atoms with E-state index in [1.54, 1.807) is 11.8 Å². The molecular formula is C17H22N4O3S. The Balaban J connectivity index is 1.56. The molecule has 2 saturated carbocycles. The van der Waals surface area contributed by atoms with E-state index in [0.29, 0.717) is 36.6 Å². The summed E-state index contributed by atoms with van der Waals surface area (Å²) in [6, 6.07) is -0.591. The van der Waals surface area contributed by atoms with Gasteiger partial charge < -0.3 is 15.4 Å². The zero-order valence-corrected chi connectivity index (χ0v) is 14.8. The first-order valence-corrected chi connectivity index (χ1v) is 9.96. The third-order valence-corrected chi connectivity index (χ3v) is 5.84. The smallest absolute Gasteiger partial charge is 0.274 e. The molecule has 3 aliphatic rings. The molecule has 2 amide bonds. The molecule has 1 atom stereocenters. The van der Waals surface area contributed by atoms with E-state index in [-0.39, 0.29) is 11.6 Å². The van der Waals surface area contributed by atoms with Crippen molar-refractivity contribution in [1.82, 2.24) is 14.9 Å². The molecule has 0 bridgehead atoms. The van der Waals surface area contributed by atoms with Gasteiger partial charge in [0.25, 0.3) is 5.91 Å². The van der Waals surface area contributed by atoms with Crippen LogP contribution in [0.2, 0.25) is 0 Å². The Hall–Kier alpha value is -1.83. The number of hydrogen-bond donors (Lipinski definition) is 1. The van der Waals surface area contributed by atoms with Crippen LogP contribution in [-0.2, 0) is 4.79 Å². The molecule has 2 N–H and O–H groups in total. The standard InChI is InChI=1S/C17H22N4O3S/c18-15(22)13-9-25-6-5-21(13)17(23)12-7-19-14(11-3-4-11)16(20-12)24-8-10-1-2-10/h7,10-11,13H,1-6,8-9H2,(H2,18,22). The topological polar surface area (TPSA) is 98.4 Å². The molecule has 1 aliphatic heterocycles. The van der Waals surface area contributed by atoms with Crippen molar-refractivity contribution in [1.29, 1.82) is 0 Å². The van der Waals surface area contributed by atoms with Crippen LogP contribution in [0.5, 0.6) is 5.88 Å². The lowest BCUT2D eigenvalue weighted by Crippen LogP contribution is -2.52. The van der Waals surface area contributed by atoms with Gasteiger partial charge >= 0.3 is 0 Å². The Morgan fingerprint density at radius 1 is 1.32 bits per heavy atom. The number of nitrogens with zero attached hydrogens (tertiary/aromatic N) is 3. The van der Waals surface area contributed by atoms with Crippen molar-refractivity contribution in [3.8, 4) is 5.88 Å². The highest BCUT2D eigenvalue weighted by molar-refractivity contribution is 7.99. The molecule has 4 rings (SSSR count). The normalized spacial score (nSPS) is 23.4. The van der Waals surface area contributed by atoms with Crippen molar-refractivity contribution < 1.29 is 14.3 Å². The quantitative estimate of drug-likeness (QED) is 0.816. The third kappa shape index (κ3) is 3.73. The van der Waals surface area contributed by atoms with Crippen LogP contribution < -0.4 is 10.5 Å². The molecule has 1 saturated heterocycles. The summed E-state index contributed by atoms with van der Waals surface area (Å²) >= 11 is 1.63. The maximum atomic E-state index is 12.9. The first-order valence-electron chi connectivity index (χ1n) is 8.81. The fourth-order valence-electron chi connectivity index (χ4n) is 2.94. The maximum Gasteiger partial charge on any atom is 0.274 e. The highest BCUT2D eigenvalue weighted by Gasteiger charge is 2.35. The highest BCUT2D eigenvalue weighted by Crippen LogP contribution is 2.43. The lowest BCUT2D eigenvalue weighted by Gasteiger charge is -2.33. The molecule has 8 heteroatoms. The summed E-state index contributed by atoms with van der Waals surface area (Å²) in [6.45, 7) is 1.12. The van der Waals surface area contributed by atoms with Gasteiger partial charge in [0, 0.05) is 24.0 Å². The molecule has 1 aromatic heterocycles. The molecule has 2 aliphatic carbocycles. The molecule has 134 valence electrons. The van der Waals surface area contributed by atoms with Gasteiger partial charge in [0.2, 0.25) is 11.8 Å². The van der Waals surface area contributed by atoms with Gasteiger partial charge in [-0.2, -0.15) is 11.8 Å². The molecule has 0 spiro atoms. The van der Waals surface area contributed by atoms with Gasteiger partial charge in [0.1, 0.15) is 11.7 Å². The van der Waals surface area contributed by atoms with Crippen molar-refractivity contribution in [3.05, 3.63) is 17.6 Å². The molecule has 0 radical (unpaired) electrons. The van der Waals surface area contributed by atoms with Crippen LogP contribution in [0, 0.1) is 5.92 Å². The molecule has 1 unspecified atom stereocenters. The second-order valence-electron chi connectivity index (χ2n) is 6.97. The molecule has 2 heterocycles. The van der Waals surface area contributed by atoms with Crippen LogP contribution in [-0.4, -0.2) is 57.4 Å². The second kappa shape index (κ2) is 6.82. The number of thioether (sulfide) groups is 1. The summed E-state index contributed by atoms with van der Waals surface area (Å²) < 4.78 is 5.87. The Morgan fingerprint density at radius 2 is 2.12 bits per heavy atom. The minimum atomic E-state index is -0.591. The number of primary amides is 1. The monoisotopic (exact) mass is 362 g/mol. The number of carbonyl (C=O) groups excluding carboxylic acids is 2. The van der Waals surface area contributed by atoms with Gasteiger partial charge in [-0.25, -0.2) is 4.98 Å². The van der Waals surface area contributed by atoms with Gasteiger partial charge in [0.05, 0.1) is 12.8 Å². The van der Waals surface area contributed by atoms with E-state index >= 15 is 0 Å². The van der Waals surface area contributed by atoms with E-state index < -0.39 is 11.9 Å².